The van der Waals surface area contributed by atoms with Gasteiger partial charge in [-0.15, -0.1) is 17.2 Å². The third-order valence-corrected chi connectivity index (χ3v) is 19.7. The number of fused-ring (bicyclic) bond motifs is 3. The summed E-state index contributed by atoms with van der Waals surface area (Å²) in [5, 5.41) is 17.0. The van der Waals surface area contributed by atoms with Gasteiger partial charge in [0, 0.05) is 88.1 Å². The summed E-state index contributed by atoms with van der Waals surface area (Å²) in [6, 6.07) is 15.8. The Hall–Kier alpha value is -4.95. The summed E-state index contributed by atoms with van der Waals surface area (Å²) in [5.41, 5.74) is 9.26. The van der Waals surface area contributed by atoms with E-state index in [0.717, 1.165) is 76.9 Å². The minimum absolute atomic E-state index is 0.0779. The van der Waals surface area contributed by atoms with Crippen LogP contribution >= 0.6 is 23.4 Å². The Morgan fingerprint density at radius 3 is 2.41 bits per heavy atom. The van der Waals surface area contributed by atoms with Gasteiger partial charge in [-0.3, -0.25) is 9.79 Å². The van der Waals surface area contributed by atoms with Gasteiger partial charge in [0.1, 0.15) is 47.4 Å². The number of amides is 1. The van der Waals surface area contributed by atoms with Gasteiger partial charge in [-0.1, -0.05) is 65.3 Å². The summed E-state index contributed by atoms with van der Waals surface area (Å²) in [4.78, 5) is 53.7. The Morgan fingerprint density at radius 2 is 1.75 bits per heavy atom. The first kappa shape index (κ1) is 49.6. The summed E-state index contributed by atoms with van der Waals surface area (Å²) >= 11 is 8.25. The second-order valence-corrected chi connectivity index (χ2v) is 24.5. The lowest BCUT2D eigenvalue weighted by Gasteiger charge is -2.63. The summed E-state index contributed by atoms with van der Waals surface area (Å²) in [7, 11) is 0. The van der Waals surface area contributed by atoms with Crippen LogP contribution in [0.25, 0.3) is 0 Å². The predicted molar refractivity (Wildman–Crippen MR) is 277 cm³/mol. The SMILES string of the molecule is CC1=CC(C(=O)NCC2C(C)(C)C(Oc3ccc(C#N)c(Cl)c3)C2(C)C)=CNC(N2CCC(C3CN(c4ccc(C5=NC(CC6OCC[N+]6=O)C6N(C(C)N[N+]6=O)C6SC(C)C(C)C56)cc4)C3)CC2)=C1C. The van der Waals surface area contributed by atoms with Crippen LogP contribution < -0.4 is 25.7 Å². The maximum absolute atomic E-state index is 13.8. The van der Waals surface area contributed by atoms with Crippen molar-refractivity contribution in [3.63, 3.8) is 0 Å². The number of piperidine rings is 1. The van der Waals surface area contributed by atoms with Gasteiger partial charge in [0.25, 0.3) is 5.91 Å². The first-order valence-electron chi connectivity index (χ1n) is 25.7. The molecule has 0 radical (unpaired) electrons. The van der Waals surface area contributed by atoms with Crippen LogP contribution in [0.3, 0.4) is 0 Å². The number of rotatable bonds is 11. The van der Waals surface area contributed by atoms with E-state index < -0.39 is 18.4 Å². The van der Waals surface area contributed by atoms with Crippen molar-refractivity contribution in [2.24, 2.45) is 45.4 Å². The van der Waals surface area contributed by atoms with Crippen molar-refractivity contribution in [2.45, 2.75) is 123 Å². The van der Waals surface area contributed by atoms with Gasteiger partial charge in [0.15, 0.2) is 0 Å². The summed E-state index contributed by atoms with van der Waals surface area (Å²) < 4.78 is 13.3. The molecule has 2 aromatic carbocycles. The molecule has 3 N–H and O–H groups in total. The molecule has 0 bridgehead atoms. The van der Waals surface area contributed by atoms with Crippen LogP contribution in [0.2, 0.25) is 5.02 Å². The van der Waals surface area contributed by atoms with Crippen LogP contribution in [0.4, 0.5) is 5.69 Å². The van der Waals surface area contributed by atoms with E-state index in [4.69, 9.17) is 26.1 Å². The van der Waals surface area contributed by atoms with E-state index in [1.165, 1.54) is 5.69 Å². The van der Waals surface area contributed by atoms with E-state index in [1.807, 2.05) is 24.0 Å². The number of hydrogen-bond donors (Lipinski definition) is 3. The number of allylic oxidation sites excluding steroid dienone is 2. The van der Waals surface area contributed by atoms with Crippen molar-refractivity contribution in [3.8, 4) is 11.8 Å². The monoisotopic (exact) mass is 1010 g/mol. The van der Waals surface area contributed by atoms with E-state index in [1.54, 1.807) is 18.2 Å². The molecule has 10 rings (SSSR count). The highest BCUT2D eigenvalue weighted by molar-refractivity contribution is 8.00. The number of thioether (sulfide) groups is 1. The topological polar surface area (TPSA) is 158 Å². The molecule has 0 aromatic heterocycles. The number of nitroso groups, excluding NO2 is 2. The van der Waals surface area contributed by atoms with Gasteiger partial charge in [0.2, 0.25) is 6.54 Å². The average molecular weight is 1010 g/mol. The smallest absolute Gasteiger partial charge is 0.315 e. The quantitative estimate of drug-likeness (QED) is 0.187. The Labute approximate surface area is 428 Å². The van der Waals surface area contributed by atoms with E-state index in [-0.39, 0.29) is 46.2 Å². The molecule has 1 saturated carbocycles. The largest absolute Gasteiger partial charge is 0.489 e. The number of benzene rings is 2. The van der Waals surface area contributed by atoms with Gasteiger partial charge in [-0.05, 0) is 104 Å². The number of hydrazine groups is 1. The second-order valence-electron chi connectivity index (χ2n) is 22.6. The van der Waals surface area contributed by atoms with Crippen LogP contribution in [0.5, 0.6) is 5.75 Å². The first-order valence-corrected chi connectivity index (χ1v) is 27.1. The summed E-state index contributed by atoms with van der Waals surface area (Å²) in [6.07, 6.45) is 5.06. The number of halogens is 1. The number of carbonyl (C=O) groups excluding carboxylic acids is 1. The van der Waals surface area contributed by atoms with Gasteiger partial charge in [0.05, 0.1) is 32.9 Å². The molecule has 17 heteroatoms. The molecule has 7 aliphatic heterocycles. The minimum atomic E-state index is -0.611. The highest BCUT2D eigenvalue weighted by Gasteiger charge is 2.64. The van der Waals surface area contributed by atoms with Crippen molar-refractivity contribution < 1.29 is 23.9 Å². The normalized spacial score (nSPS) is 32.7. The lowest BCUT2D eigenvalue weighted by molar-refractivity contribution is -0.635. The number of nitriles is 1. The molecule has 1 aliphatic carbocycles. The van der Waals surface area contributed by atoms with Crippen LogP contribution in [-0.2, 0) is 9.53 Å². The minimum Gasteiger partial charge on any atom is -0.489 e. The van der Waals surface area contributed by atoms with Crippen molar-refractivity contribution in [2.75, 3.05) is 50.8 Å². The molecule has 71 heavy (non-hydrogen) atoms. The van der Waals surface area contributed by atoms with E-state index in [9.17, 15) is 19.9 Å². The molecule has 0 spiro atoms. The third kappa shape index (κ3) is 8.94. The molecule has 8 aliphatic rings. The maximum atomic E-state index is 13.8. The number of likely N-dealkylation sites (tertiary alicyclic amines) is 1. The average Bonchev–Trinajstić information content (AvgIpc) is 3.89. The van der Waals surface area contributed by atoms with Crippen LogP contribution in [0.1, 0.15) is 92.7 Å². The van der Waals surface area contributed by atoms with E-state index >= 15 is 0 Å². The number of carbonyl (C=O) groups is 1. The lowest BCUT2D eigenvalue weighted by Crippen LogP contribution is -2.68. The number of nitrogens with zero attached hydrogens (tertiary/aromatic N) is 7. The molecular weight excluding hydrogens is 936 g/mol. The summed E-state index contributed by atoms with van der Waals surface area (Å²) in [6.45, 7) is 24.9. The zero-order valence-electron chi connectivity index (χ0n) is 42.7. The Morgan fingerprint density at radius 1 is 1.03 bits per heavy atom. The molecule has 6 fully saturated rings. The number of anilines is 1. The lowest BCUT2D eigenvalue weighted by atomic mass is 9.45. The van der Waals surface area contributed by atoms with Gasteiger partial charge >= 0.3 is 12.4 Å². The molecule has 15 nitrogen and oxygen atoms in total. The molecule has 8 unspecified atom stereocenters. The predicted octanol–water partition coefficient (Wildman–Crippen LogP) is 7.95. The summed E-state index contributed by atoms with van der Waals surface area (Å²) in [5.74, 6) is 3.53. The van der Waals surface area contributed by atoms with Gasteiger partial charge in [-0.25, -0.2) is 0 Å². The van der Waals surface area contributed by atoms with Crippen LogP contribution in [0.15, 0.2) is 82.3 Å². The Kier molecular flexibility index (Phi) is 13.4. The van der Waals surface area contributed by atoms with Crippen molar-refractivity contribution in [1.29, 1.82) is 5.26 Å². The third-order valence-electron chi connectivity index (χ3n) is 17.8. The highest BCUT2D eigenvalue weighted by atomic mass is 35.5. The molecule has 7 heterocycles. The van der Waals surface area contributed by atoms with Gasteiger partial charge < -0.3 is 29.9 Å². The Balaban J connectivity index is 0.735. The van der Waals surface area contributed by atoms with E-state index in [0.29, 0.717) is 71.0 Å². The molecule has 2 aromatic rings. The van der Waals surface area contributed by atoms with Crippen LogP contribution in [0, 0.1) is 61.6 Å². The second kappa shape index (κ2) is 19.1. The standard InChI is InChI=1S/C54H70ClN10O5S/c1-30-22-38(49(66)58-27-44-53(6,7)52(54(44,8)9)70-41-15-12-37(25-56)42(55)23-41)26-57-48(31(30)2)61-18-16-35(17-19-61)39-28-62(29-39)40-13-10-36(11-14-40)47-46-32(3)33(4)71-51(46)64-34(5)60-65(68)50(64)43(59-47)24-45-63(67)20-21-69-45/h10-15,22-23,26,32-35,39,43-46,50-52H,16-21,24,27-29H2,1-9H3,(H2-,57,58,60,66,68)/q+1/p+1. The fourth-order valence-electron chi connectivity index (χ4n) is 13.5. The number of ether oxygens (including phenoxy) is 2. The zero-order valence-corrected chi connectivity index (χ0v) is 44.2. The maximum Gasteiger partial charge on any atom is 0.315 e. The van der Waals surface area contributed by atoms with Crippen molar-refractivity contribution in [3.05, 3.63) is 103 Å². The van der Waals surface area contributed by atoms with Crippen molar-refractivity contribution >= 4 is 40.7 Å². The number of hydrogen-bond acceptors (Lipinski definition) is 12. The molecule has 5 saturated heterocycles. The first-order chi connectivity index (χ1) is 33.8. The molecular formula is C54H71ClN10O5S+2. The molecule has 8 atom stereocenters. The highest BCUT2D eigenvalue weighted by Crippen LogP contribution is 2.60. The fraction of sp³-hybridized carbons (Fsp3) is 0.611. The molecule has 378 valence electrons. The zero-order chi connectivity index (χ0) is 50.3. The Bertz CT molecular complexity index is 2610. The number of aliphatic imine (C=N–C) groups is 1. The van der Waals surface area contributed by atoms with E-state index in [2.05, 4.69) is 123 Å². The van der Waals surface area contributed by atoms with Gasteiger partial charge in [-0.2, -0.15) is 10.2 Å². The van der Waals surface area contributed by atoms with Crippen LogP contribution in [-0.4, -0.2) is 118 Å². The molecule has 1 amide bonds. The van der Waals surface area contributed by atoms with Crippen molar-refractivity contribution in [1.82, 2.24) is 25.9 Å². The number of nitrogens with one attached hydrogen (secondary N) is 3. The fourth-order valence-corrected chi connectivity index (χ4v) is 15.6.